The van der Waals surface area contributed by atoms with E-state index in [1.165, 1.54) is 37.4 Å². The van der Waals surface area contributed by atoms with Crippen LogP contribution in [0.1, 0.15) is 24.6 Å². The van der Waals surface area contributed by atoms with Crippen molar-refractivity contribution >= 4 is 26.8 Å². The molecule has 204 valence electrons. The molecule has 7 nitrogen and oxygen atoms in total. The quantitative estimate of drug-likeness (QED) is 0.179. The first-order valence-electron chi connectivity index (χ1n) is 11.7. The fourth-order valence-electron chi connectivity index (χ4n) is 3.95. The minimum Gasteiger partial charge on any atom is -0.443 e. The predicted octanol–water partition coefficient (Wildman–Crippen LogP) is 5.81. The summed E-state index contributed by atoms with van der Waals surface area (Å²) in [5.41, 5.74) is 0.619. The van der Waals surface area contributed by atoms with Gasteiger partial charge in [-0.15, -0.1) is 6.58 Å². The second kappa shape index (κ2) is 11.1. The lowest BCUT2D eigenvalue weighted by Crippen LogP contribution is -2.43. The van der Waals surface area contributed by atoms with Crippen molar-refractivity contribution in [1.29, 1.82) is 0 Å². The molecule has 0 fully saturated rings. The zero-order valence-corrected chi connectivity index (χ0v) is 21.5. The van der Waals surface area contributed by atoms with Gasteiger partial charge >= 0.3 is 6.18 Å². The van der Waals surface area contributed by atoms with E-state index in [2.05, 4.69) is 16.5 Å². The van der Waals surface area contributed by atoms with Crippen molar-refractivity contribution in [3.8, 4) is 11.3 Å². The molecular formula is C27H23F4N3O4S. The molecule has 0 aliphatic heterocycles. The van der Waals surface area contributed by atoms with Crippen LogP contribution in [-0.4, -0.2) is 41.1 Å². The maximum absolute atomic E-state index is 13.6. The Kier molecular flexibility index (Phi) is 7.98. The number of ketones is 1. The number of nitrogens with zero attached hydrogens (tertiary/aromatic N) is 3. The summed E-state index contributed by atoms with van der Waals surface area (Å²) in [6, 6.07) is 9.10. The van der Waals surface area contributed by atoms with E-state index in [0.29, 0.717) is 17.0 Å². The van der Waals surface area contributed by atoms with Crippen LogP contribution >= 0.6 is 0 Å². The number of aryl methyl sites for hydroxylation is 1. The Morgan fingerprint density at radius 1 is 1.13 bits per heavy atom. The van der Waals surface area contributed by atoms with E-state index in [1.807, 2.05) is 0 Å². The minimum absolute atomic E-state index is 0.0629. The molecule has 0 N–H and O–H groups in total. The van der Waals surface area contributed by atoms with Crippen LogP contribution in [0.5, 0.6) is 0 Å². The van der Waals surface area contributed by atoms with Crippen LogP contribution < -0.4 is 0 Å². The summed E-state index contributed by atoms with van der Waals surface area (Å²) in [5, 5.41) is -0.164. The predicted molar refractivity (Wildman–Crippen MR) is 136 cm³/mol. The second-order valence-electron chi connectivity index (χ2n) is 8.72. The van der Waals surface area contributed by atoms with Crippen LogP contribution in [0.15, 0.2) is 83.1 Å². The molecule has 0 radical (unpaired) electrons. The summed E-state index contributed by atoms with van der Waals surface area (Å²) in [6.07, 6.45) is -0.867. The van der Waals surface area contributed by atoms with E-state index in [9.17, 15) is 30.8 Å². The number of fused-ring (bicyclic) bond motifs is 1. The Hall–Kier alpha value is -3.90. The molecule has 0 unspecified atom stereocenters. The third kappa shape index (κ3) is 6.23. The van der Waals surface area contributed by atoms with Gasteiger partial charge in [-0.3, -0.25) is 14.8 Å². The monoisotopic (exact) mass is 561 g/mol. The van der Waals surface area contributed by atoms with Gasteiger partial charge in [-0.25, -0.2) is 12.8 Å². The number of furan rings is 1. The summed E-state index contributed by atoms with van der Waals surface area (Å²) in [4.78, 5) is 21.1. The van der Waals surface area contributed by atoms with Crippen molar-refractivity contribution in [1.82, 2.24) is 14.3 Å². The van der Waals surface area contributed by atoms with Crippen molar-refractivity contribution in [3.63, 3.8) is 0 Å². The average molecular weight is 562 g/mol. The number of sulfonamides is 1. The smallest absolute Gasteiger partial charge is 0.417 e. The van der Waals surface area contributed by atoms with E-state index in [-0.39, 0.29) is 30.4 Å². The highest BCUT2D eigenvalue weighted by molar-refractivity contribution is 7.89. The Labute approximate surface area is 221 Å². The van der Waals surface area contributed by atoms with E-state index in [1.54, 1.807) is 12.1 Å². The van der Waals surface area contributed by atoms with Gasteiger partial charge < -0.3 is 4.42 Å². The van der Waals surface area contributed by atoms with Crippen LogP contribution in [0.25, 0.3) is 22.2 Å². The third-order valence-corrected chi connectivity index (χ3v) is 7.85. The van der Waals surface area contributed by atoms with Crippen LogP contribution in [0.4, 0.5) is 17.6 Å². The minimum atomic E-state index is -4.50. The van der Waals surface area contributed by atoms with Gasteiger partial charge in [0.05, 0.1) is 17.3 Å². The first-order chi connectivity index (χ1) is 18.4. The van der Waals surface area contributed by atoms with Crippen molar-refractivity contribution in [3.05, 3.63) is 90.7 Å². The van der Waals surface area contributed by atoms with E-state index in [4.69, 9.17) is 4.42 Å². The summed E-state index contributed by atoms with van der Waals surface area (Å²) in [6.45, 7) is 4.85. The summed E-state index contributed by atoms with van der Waals surface area (Å²) in [5.74, 6) is -0.951. The lowest BCUT2D eigenvalue weighted by Gasteiger charge is -2.25. The molecular weight excluding hydrogens is 538 g/mol. The highest BCUT2D eigenvalue weighted by atomic mass is 32.2. The molecule has 0 saturated heterocycles. The van der Waals surface area contributed by atoms with Gasteiger partial charge in [0.15, 0.2) is 5.78 Å². The van der Waals surface area contributed by atoms with Crippen molar-refractivity contribution in [2.45, 2.75) is 37.1 Å². The van der Waals surface area contributed by atoms with Gasteiger partial charge in [0.1, 0.15) is 11.4 Å². The summed E-state index contributed by atoms with van der Waals surface area (Å²) in [7, 11) is -4.27. The number of alkyl halides is 3. The number of carbonyl (C=O) groups is 1. The molecule has 3 aromatic heterocycles. The van der Waals surface area contributed by atoms with Crippen molar-refractivity contribution in [2.75, 3.05) is 6.54 Å². The van der Waals surface area contributed by atoms with Gasteiger partial charge in [0.2, 0.25) is 5.09 Å². The highest BCUT2D eigenvalue weighted by Gasteiger charge is 2.34. The average Bonchev–Trinajstić information content (AvgIpc) is 3.34. The van der Waals surface area contributed by atoms with Crippen LogP contribution in [0.3, 0.4) is 0 Å². The lowest BCUT2D eigenvalue weighted by atomic mass is 10.0. The molecule has 12 heteroatoms. The zero-order valence-electron chi connectivity index (χ0n) is 20.7. The van der Waals surface area contributed by atoms with E-state index in [0.717, 1.165) is 28.7 Å². The Balaban J connectivity index is 1.48. The first-order valence-corrected chi connectivity index (χ1v) is 13.2. The number of hydrogen-bond acceptors (Lipinski definition) is 6. The van der Waals surface area contributed by atoms with E-state index < -0.39 is 44.5 Å². The standard InChI is InChI=1S/C27H23F4N3O4S/c1-3-12-34(39(36,37)26-15-19-13-21(28)5-9-25(19)38-26)17(2)24(35)8-6-22-14-18(10-11-32-22)23-7-4-20(16-33-23)27(29,30)31/h3-5,7,9-11,13-17H,1,6,8,12H2,2H3/t17-/m0/s1. The molecule has 39 heavy (non-hydrogen) atoms. The zero-order chi connectivity index (χ0) is 28.4. The number of benzene rings is 1. The molecule has 4 rings (SSSR count). The molecule has 0 amide bonds. The highest BCUT2D eigenvalue weighted by Crippen LogP contribution is 2.30. The third-order valence-electron chi connectivity index (χ3n) is 6.06. The molecule has 0 spiro atoms. The molecule has 0 saturated carbocycles. The fraction of sp³-hybridized carbons (Fsp3) is 0.222. The molecule has 0 bridgehead atoms. The maximum atomic E-state index is 13.6. The SMILES string of the molecule is C=CCN([C@@H](C)C(=O)CCc1cc(-c2ccc(C(F)(F)F)cn2)ccn1)S(=O)(=O)c1cc2cc(F)ccc2o1. The van der Waals surface area contributed by atoms with Crippen molar-refractivity contribution in [2.24, 2.45) is 0 Å². The number of pyridine rings is 2. The fourth-order valence-corrected chi connectivity index (χ4v) is 5.49. The lowest BCUT2D eigenvalue weighted by molar-refractivity contribution is -0.137. The largest absolute Gasteiger partial charge is 0.443 e. The van der Waals surface area contributed by atoms with Crippen LogP contribution in [0.2, 0.25) is 0 Å². The van der Waals surface area contributed by atoms with Crippen LogP contribution in [-0.2, 0) is 27.4 Å². The second-order valence-corrected chi connectivity index (χ2v) is 10.5. The Bertz CT molecular complexity index is 1620. The summed E-state index contributed by atoms with van der Waals surface area (Å²) < 4.78 is 85.1. The van der Waals surface area contributed by atoms with Gasteiger partial charge in [-0.2, -0.15) is 17.5 Å². The number of hydrogen-bond donors (Lipinski definition) is 0. The number of aromatic nitrogens is 2. The van der Waals surface area contributed by atoms with Gasteiger partial charge in [0, 0.05) is 48.1 Å². The number of halogens is 4. The van der Waals surface area contributed by atoms with Gasteiger partial charge in [-0.1, -0.05) is 6.08 Å². The molecule has 4 aromatic rings. The molecule has 1 aromatic carbocycles. The van der Waals surface area contributed by atoms with Crippen LogP contribution in [0, 0.1) is 5.82 Å². The molecule has 1 atom stereocenters. The van der Waals surface area contributed by atoms with Gasteiger partial charge in [-0.05, 0) is 55.8 Å². The number of carbonyl (C=O) groups excluding carboxylic acids is 1. The topological polar surface area (TPSA) is 93.4 Å². The first kappa shape index (κ1) is 28.1. The maximum Gasteiger partial charge on any atom is 0.417 e. The Morgan fingerprint density at radius 3 is 2.56 bits per heavy atom. The number of rotatable bonds is 10. The normalized spacial score (nSPS) is 13.1. The van der Waals surface area contributed by atoms with Gasteiger partial charge in [0.25, 0.3) is 10.0 Å². The molecule has 3 heterocycles. The Morgan fingerprint density at radius 2 is 1.90 bits per heavy atom. The van der Waals surface area contributed by atoms with Crippen molar-refractivity contribution < 1.29 is 35.2 Å². The van der Waals surface area contributed by atoms with E-state index >= 15 is 0 Å². The molecule has 0 aliphatic rings. The summed E-state index contributed by atoms with van der Waals surface area (Å²) >= 11 is 0. The molecule has 0 aliphatic carbocycles. The number of Topliss-reactive ketones (excluding diaryl/α,β-unsaturated/α-hetero) is 1.